The van der Waals surface area contributed by atoms with Crippen molar-refractivity contribution in [2.75, 3.05) is 60.2 Å². The number of nitrogens with one attached hydrogen (secondary N) is 2. The lowest BCUT2D eigenvalue weighted by atomic mass is 10.0. The zero-order valence-electron chi connectivity index (χ0n) is 17.4. The van der Waals surface area contributed by atoms with Crippen LogP contribution in [-0.4, -0.2) is 77.1 Å². The van der Waals surface area contributed by atoms with Crippen molar-refractivity contribution in [1.82, 2.24) is 15.5 Å². The fraction of sp³-hybridized carbons (Fsp3) is 0.650. The van der Waals surface area contributed by atoms with Crippen LogP contribution in [0.5, 0.6) is 5.75 Å². The molecule has 28 heavy (non-hydrogen) atoms. The second-order valence-corrected chi connectivity index (χ2v) is 6.66. The van der Waals surface area contributed by atoms with Crippen molar-refractivity contribution in [2.24, 2.45) is 4.99 Å². The number of morpholine rings is 1. The van der Waals surface area contributed by atoms with Gasteiger partial charge >= 0.3 is 0 Å². The maximum Gasteiger partial charge on any atom is 0.191 e. The van der Waals surface area contributed by atoms with Gasteiger partial charge in [0.05, 0.1) is 39.5 Å². The first kappa shape index (κ1) is 24.9. The predicted octanol–water partition coefficient (Wildman–Crippen LogP) is 2.28. The lowest BCUT2D eigenvalue weighted by molar-refractivity contribution is 0.0179. The van der Waals surface area contributed by atoms with E-state index in [1.165, 1.54) is 5.56 Å². The topological polar surface area (TPSA) is 67.4 Å². The summed E-state index contributed by atoms with van der Waals surface area (Å²) in [4.78, 5) is 7.30. The molecule has 1 aromatic carbocycles. The van der Waals surface area contributed by atoms with Gasteiger partial charge in [0.25, 0.3) is 0 Å². The van der Waals surface area contributed by atoms with E-state index in [0.29, 0.717) is 13.2 Å². The Morgan fingerprint density at radius 3 is 2.46 bits per heavy atom. The summed E-state index contributed by atoms with van der Waals surface area (Å²) >= 11 is 0. The van der Waals surface area contributed by atoms with Crippen molar-refractivity contribution < 1.29 is 14.2 Å². The average molecular weight is 506 g/mol. The first-order valence-corrected chi connectivity index (χ1v) is 9.67. The summed E-state index contributed by atoms with van der Waals surface area (Å²) < 4.78 is 16.0. The molecule has 1 heterocycles. The number of rotatable bonds is 9. The molecule has 0 bridgehead atoms. The lowest BCUT2D eigenvalue weighted by Crippen LogP contribution is -2.45. The minimum atomic E-state index is 0. The van der Waals surface area contributed by atoms with Crippen LogP contribution in [0.1, 0.15) is 25.5 Å². The number of ether oxygens (including phenoxy) is 3. The van der Waals surface area contributed by atoms with E-state index in [0.717, 1.165) is 44.6 Å². The maximum absolute atomic E-state index is 5.53. The zero-order valence-corrected chi connectivity index (χ0v) is 19.8. The Bertz CT molecular complexity index is 565. The molecule has 2 N–H and O–H groups in total. The zero-order chi connectivity index (χ0) is 19.5. The largest absolute Gasteiger partial charge is 0.497 e. The van der Waals surface area contributed by atoms with Gasteiger partial charge in [-0.2, -0.15) is 0 Å². The predicted molar refractivity (Wildman–Crippen MR) is 124 cm³/mol. The standard InChI is InChI=1S/C20H34N4O3.HI/c1-5-21-20(23-16(2)15-25-3)22-14-19(24-10-12-27-13-11-24)17-6-8-18(26-4)9-7-17;/h6-9,16,19H,5,10-15H2,1-4H3,(H2,21,22,23);1H. The molecule has 1 saturated heterocycles. The fourth-order valence-electron chi connectivity index (χ4n) is 3.17. The molecule has 0 spiro atoms. The van der Waals surface area contributed by atoms with Gasteiger partial charge in [-0.25, -0.2) is 0 Å². The first-order valence-electron chi connectivity index (χ1n) is 9.67. The highest BCUT2D eigenvalue weighted by molar-refractivity contribution is 14.0. The Hall–Kier alpha value is -1.10. The molecule has 160 valence electrons. The Morgan fingerprint density at radius 1 is 1.21 bits per heavy atom. The van der Waals surface area contributed by atoms with Crippen LogP contribution in [0.15, 0.2) is 29.3 Å². The van der Waals surface area contributed by atoms with Crippen molar-refractivity contribution in [3.63, 3.8) is 0 Å². The van der Waals surface area contributed by atoms with E-state index in [1.807, 2.05) is 12.1 Å². The summed E-state index contributed by atoms with van der Waals surface area (Å²) in [5, 5.41) is 6.72. The van der Waals surface area contributed by atoms with Crippen LogP contribution in [0.4, 0.5) is 0 Å². The van der Waals surface area contributed by atoms with E-state index < -0.39 is 0 Å². The number of benzene rings is 1. The van der Waals surface area contributed by atoms with Crippen LogP contribution in [0.3, 0.4) is 0 Å². The summed E-state index contributed by atoms with van der Waals surface area (Å²) in [5.74, 6) is 1.68. The summed E-state index contributed by atoms with van der Waals surface area (Å²) in [6.45, 7) is 9.62. The Morgan fingerprint density at radius 2 is 1.89 bits per heavy atom. The van der Waals surface area contributed by atoms with Crippen LogP contribution in [-0.2, 0) is 9.47 Å². The van der Waals surface area contributed by atoms with E-state index in [2.05, 4.69) is 41.5 Å². The molecule has 2 rings (SSSR count). The molecule has 8 heteroatoms. The minimum absolute atomic E-state index is 0. The van der Waals surface area contributed by atoms with Crippen LogP contribution >= 0.6 is 24.0 Å². The van der Waals surface area contributed by atoms with Gasteiger partial charge < -0.3 is 24.8 Å². The van der Waals surface area contributed by atoms with Gasteiger partial charge in [-0.3, -0.25) is 9.89 Å². The van der Waals surface area contributed by atoms with Crippen LogP contribution < -0.4 is 15.4 Å². The highest BCUT2D eigenvalue weighted by Crippen LogP contribution is 2.24. The molecule has 0 saturated carbocycles. The summed E-state index contributed by atoms with van der Waals surface area (Å²) in [5.41, 5.74) is 1.24. The first-order chi connectivity index (χ1) is 13.2. The number of aliphatic imine (C=N–C) groups is 1. The maximum atomic E-state index is 5.53. The van der Waals surface area contributed by atoms with E-state index in [1.54, 1.807) is 14.2 Å². The number of hydrogen-bond donors (Lipinski definition) is 2. The molecule has 0 radical (unpaired) electrons. The fourth-order valence-corrected chi connectivity index (χ4v) is 3.17. The summed E-state index contributed by atoms with van der Waals surface area (Å²) in [6, 6.07) is 8.67. The van der Waals surface area contributed by atoms with Crippen molar-refractivity contribution in [3.8, 4) is 5.75 Å². The quantitative estimate of drug-likeness (QED) is 0.305. The highest BCUT2D eigenvalue weighted by atomic mass is 127. The molecular weight excluding hydrogens is 471 g/mol. The molecule has 0 aliphatic carbocycles. The summed E-state index contributed by atoms with van der Waals surface area (Å²) in [7, 11) is 3.40. The highest BCUT2D eigenvalue weighted by Gasteiger charge is 2.22. The summed E-state index contributed by atoms with van der Waals surface area (Å²) in [6.07, 6.45) is 0. The average Bonchev–Trinajstić information content (AvgIpc) is 2.69. The van der Waals surface area contributed by atoms with Gasteiger partial charge in [-0.1, -0.05) is 12.1 Å². The van der Waals surface area contributed by atoms with E-state index in [-0.39, 0.29) is 36.1 Å². The monoisotopic (exact) mass is 506 g/mol. The lowest BCUT2D eigenvalue weighted by Gasteiger charge is -2.34. The molecule has 1 aliphatic rings. The van der Waals surface area contributed by atoms with Crippen molar-refractivity contribution in [1.29, 1.82) is 0 Å². The molecular formula is C20H35IN4O3. The number of hydrogen-bond acceptors (Lipinski definition) is 5. The van der Waals surface area contributed by atoms with Crippen LogP contribution in [0, 0.1) is 0 Å². The molecule has 1 fully saturated rings. The van der Waals surface area contributed by atoms with Gasteiger partial charge in [0.2, 0.25) is 0 Å². The third-order valence-corrected chi connectivity index (χ3v) is 4.55. The Labute approximate surface area is 186 Å². The second kappa shape index (κ2) is 14.0. The van der Waals surface area contributed by atoms with Crippen molar-refractivity contribution in [3.05, 3.63) is 29.8 Å². The third-order valence-electron chi connectivity index (χ3n) is 4.55. The van der Waals surface area contributed by atoms with Gasteiger partial charge in [-0.15, -0.1) is 24.0 Å². The number of methoxy groups -OCH3 is 2. The third kappa shape index (κ3) is 8.10. The number of nitrogens with zero attached hydrogens (tertiary/aromatic N) is 2. The molecule has 1 aromatic rings. The molecule has 1 aliphatic heterocycles. The van der Waals surface area contributed by atoms with Crippen LogP contribution in [0.2, 0.25) is 0 Å². The second-order valence-electron chi connectivity index (χ2n) is 6.66. The van der Waals surface area contributed by atoms with Crippen LogP contribution in [0.25, 0.3) is 0 Å². The van der Waals surface area contributed by atoms with Gasteiger partial charge in [0, 0.05) is 32.8 Å². The molecule has 2 unspecified atom stereocenters. The Kier molecular flexibility index (Phi) is 12.4. The number of guanidine groups is 1. The smallest absolute Gasteiger partial charge is 0.191 e. The minimum Gasteiger partial charge on any atom is -0.497 e. The van der Waals surface area contributed by atoms with Crippen molar-refractivity contribution in [2.45, 2.75) is 25.9 Å². The number of halogens is 1. The molecule has 0 amide bonds. The van der Waals surface area contributed by atoms with Gasteiger partial charge in [-0.05, 0) is 31.5 Å². The van der Waals surface area contributed by atoms with E-state index >= 15 is 0 Å². The Balaban J connectivity index is 0.00000392. The molecule has 0 aromatic heterocycles. The van der Waals surface area contributed by atoms with E-state index in [9.17, 15) is 0 Å². The molecule has 2 atom stereocenters. The SMILES string of the molecule is CCNC(=NCC(c1ccc(OC)cc1)N1CCOCC1)NC(C)COC.I. The van der Waals surface area contributed by atoms with E-state index in [4.69, 9.17) is 19.2 Å². The van der Waals surface area contributed by atoms with Gasteiger partial charge in [0.1, 0.15) is 5.75 Å². The van der Waals surface area contributed by atoms with Gasteiger partial charge in [0.15, 0.2) is 5.96 Å². The normalized spacial score (nSPS) is 17.4. The van der Waals surface area contributed by atoms with Crippen molar-refractivity contribution >= 4 is 29.9 Å². The molecule has 7 nitrogen and oxygen atoms in total.